The maximum atomic E-state index is 12.8. The first kappa shape index (κ1) is 31.9. The van der Waals surface area contributed by atoms with Gasteiger partial charge in [-0.3, -0.25) is 19.3 Å². The van der Waals surface area contributed by atoms with Crippen LogP contribution in [-0.2, 0) is 23.9 Å². The van der Waals surface area contributed by atoms with E-state index in [1.165, 1.54) is 17.1 Å². The highest BCUT2D eigenvalue weighted by molar-refractivity contribution is 6.13. The summed E-state index contributed by atoms with van der Waals surface area (Å²) in [6, 6.07) is 0. The second-order valence-corrected chi connectivity index (χ2v) is 11.3. The Labute approximate surface area is 218 Å². The molecule has 36 heavy (non-hydrogen) atoms. The highest BCUT2D eigenvalue weighted by Gasteiger charge is 2.39. The molecule has 0 bridgehead atoms. The monoisotopic (exact) mass is 504 g/mol. The Balaban J connectivity index is 2.60. The average Bonchev–Trinajstić information content (AvgIpc) is 3.15. The molecule has 0 aromatic rings. The summed E-state index contributed by atoms with van der Waals surface area (Å²) in [5.74, 6) is 2.08. The molecule has 0 spiro atoms. The minimum atomic E-state index is -0.608. The van der Waals surface area contributed by atoms with E-state index >= 15 is 0 Å². The van der Waals surface area contributed by atoms with Crippen molar-refractivity contribution in [2.45, 2.75) is 129 Å². The zero-order chi connectivity index (χ0) is 27.6. The minimum absolute atomic E-state index is 0.0109. The second-order valence-electron chi connectivity index (χ2n) is 11.3. The second kappa shape index (κ2) is 13.4. The molecule has 0 radical (unpaired) electrons. The van der Waals surface area contributed by atoms with Crippen LogP contribution in [0.1, 0.15) is 107 Å². The lowest BCUT2D eigenvalue weighted by molar-refractivity contribution is -0.145. The van der Waals surface area contributed by atoms with Crippen molar-refractivity contribution < 1.29 is 23.9 Å². The van der Waals surface area contributed by atoms with E-state index < -0.39 is 11.1 Å². The Hall–Kier alpha value is -2.17. The zero-order valence-corrected chi connectivity index (χ0v) is 23.8. The fraction of sp³-hybridized carbons (Fsp3) is 0.759. The van der Waals surface area contributed by atoms with E-state index in [-0.39, 0.29) is 28.9 Å². The maximum Gasteiger partial charge on any atom is 0.254 e. The van der Waals surface area contributed by atoms with Crippen molar-refractivity contribution in [1.29, 1.82) is 0 Å². The third-order valence-corrected chi connectivity index (χ3v) is 7.73. The highest BCUT2D eigenvalue weighted by Crippen LogP contribution is 2.29. The van der Waals surface area contributed by atoms with Crippen LogP contribution in [0.25, 0.3) is 0 Å². The van der Waals surface area contributed by atoms with Crippen LogP contribution in [-0.4, -0.2) is 58.1 Å². The molecule has 0 aliphatic carbocycles. The normalized spacial score (nSPS) is 18.9. The van der Waals surface area contributed by atoms with Gasteiger partial charge in [-0.15, -0.1) is 12.3 Å². The molecule has 1 heterocycles. The number of terminal acetylenes is 1. The van der Waals surface area contributed by atoms with E-state index in [0.717, 1.165) is 12.8 Å². The number of carbonyl (C=O) groups excluding carboxylic acids is 3. The number of imide groups is 1. The minimum Gasteiger partial charge on any atom is -0.375 e. The van der Waals surface area contributed by atoms with Crippen LogP contribution in [0, 0.1) is 12.3 Å². The van der Waals surface area contributed by atoms with Gasteiger partial charge in [-0.1, -0.05) is 20.8 Å². The quantitative estimate of drug-likeness (QED) is 0.224. The molecule has 1 N–H and O–H groups in total. The van der Waals surface area contributed by atoms with Gasteiger partial charge in [0, 0.05) is 43.7 Å². The lowest BCUT2D eigenvalue weighted by Gasteiger charge is -2.38. The molecule has 0 fully saturated rings. The number of nitrogens with one attached hydrogen (secondary N) is 1. The molecule has 7 heteroatoms. The third-order valence-electron chi connectivity index (χ3n) is 7.73. The van der Waals surface area contributed by atoms with Crippen LogP contribution in [0.15, 0.2) is 12.2 Å². The van der Waals surface area contributed by atoms with E-state index in [4.69, 9.17) is 15.9 Å². The molecule has 0 aromatic carbocycles. The Bertz CT molecular complexity index is 827. The van der Waals surface area contributed by atoms with Gasteiger partial charge in [0.2, 0.25) is 5.91 Å². The summed E-state index contributed by atoms with van der Waals surface area (Å²) in [5.41, 5.74) is -1.83. The van der Waals surface area contributed by atoms with Crippen molar-refractivity contribution >= 4 is 17.7 Å². The van der Waals surface area contributed by atoms with E-state index in [1.54, 1.807) is 0 Å². The van der Waals surface area contributed by atoms with E-state index in [9.17, 15) is 14.4 Å². The summed E-state index contributed by atoms with van der Waals surface area (Å²) in [5, 5.41) is 3.19. The van der Waals surface area contributed by atoms with Gasteiger partial charge in [-0.2, -0.15) is 0 Å². The summed E-state index contributed by atoms with van der Waals surface area (Å²) in [7, 11) is 0. The number of hydrogen-bond donors (Lipinski definition) is 1. The molecule has 3 unspecified atom stereocenters. The predicted octanol–water partition coefficient (Wildman–Crippen LogP) is 4.93. The first-order valence-corrected chi connectivity index (χ1v) is 13.3. The first-order valence-electron chi connectivity index (χ1n) is 13.3. The first-order chi connectivity index (χ1) is 16.7. The van der Waals surface area contributed by atoms with E-state index in [1.807, 2.05) is 48.5 Å². The van der Waals surface area contributed by atoms with Gasteiger partial charge in [-0.05, 0) is 73.1 Å². The summed E-state index contributed by atoms with van der Waals surface area (Å²) in [4.78, 5) is 38.5. The van der Waals surface area contributed by atoms with Crippen molar-refractivity contribution in [3.05, 3.63) is 12.2 Å². The van der Waals surface area contributed by atoms with Crippen molar-refractivity contribution in [2.24, 2.45) is 0 Å². The van der Waals surface area contributed by atoms with Crippen LogP contribution >= 0.6 is 0 Å². The Morgan fingerprint density at radius 3 is 2.00 bits per heavy atom. The van der Waals surface area contributed by atoms with Gasteiger partial charge < -0.3 is 14.8 Å². The molecular weight excluding hydrogens is 456 g/mol. The summed E-state index contributed by atoms with van der Waals surface area (Å²) < 4.78 is 12.2. The van der Waals surface area contributed by atoms with Gasteiger partial charge in [-0.25, -0.2) is 0 Å². The van der Waals surface area contributed by atoms with Gasteiger partial charge in [0.1, 0.15) is 0 Å². The molecule has 204 valence electrons. The highest BCUT2D eigenvalue weighted by atomic mass is 16.5. The number of amides is 3. The standard InChI is InChI=1S/C29H48N2O5/c1-10-17-26(5,6)35-21-19-27(7,11-2)30-23(32)16-18-29(9,13-4)36-22-20-28(8,12-3)31-24(33)14-15-25(31)34/h1,14-15H,11-13,16-22H2,2-9H3,(H,30,32). The largest absolute Gasteiger partial charge is 0.375 e. The Morgan fingerprint density at radius 2 is 1.50 bits per heavy atom. The molecule has 0 saturated carbocycles. The van der Waals surface area contributed by atoms with Gasteiger partial charge >= 0.3 is 0 Å². The topological polar surface area (TPSA) is 84.9 Å². The molecule has 3 amide bonds. The summed E-state index contributed by atoms with van der Waals surface area (Å²) >= 11 is 0. The summed E-state index contributed by atoms with van der Waals surface area (Å²) in [6.45, 7) is 16.9. The fourth-order valence-electron chi connectivity index (χ4n) is 4.20. The molecule has 3 atom stereocenters. The third kappa shape index (κ3) is 9.37. The van der Waals surface area contributed by atoms with Crippen LogP contribution in [0.4, 0.5) is 0 Å². The van der Waals surface area contributed by atoms with Gasteiger partial charge in [0.25, 0.3) is 11.8 Å². The van der Waals surface area contributed by atoms with Crippen LogP contribution in [0.3, 0.4) is 0 Å². The molecule has 1 aliphatic heterocycles. The Morgan fingerprint density at radius 1 is 0.917 bits per heavy atom. The lowest BCUT2D eigenvalue weighted by Crippen LogP contribution is -2.50. The molecule has 1 aliphatic rings. The van der Waals surface area contributed by atoms with Crippen LogP contribution in [0.5, 0.6) is 0 Å². The van der Waals surface area contributed by atoms with Crippen molar-refractivity contribution in [3.8, 4) is 12.3 Å². The number of rotatable bonds is 17. The number of carbonyl (C=O) groups is 3. The molecule has 0 aromatic heterocycles. The SMILES string of the molecule is C#CCC(C)(C)OCCC(C)(CC)NC(=O)CCC(C)(CC)OCCC(C)(CC)N1C(=O)C=CC1=O. The fourth-order valence-corrected chi connectivity index (χ4v) is 4.20. The van der Waals surface area contributed by atoms with E-state index in [2.05, 4.69) is 18.2 Å². The van der Waals surface area contributed by atoms with Crippen molar-refractivity contribution in [2.75, 3.05) is 13.2 Å². The molecular formula is C29H48N2O5. The average molecular weight is 505 g/mol. The van der Waals surface area contributed by atoms with E-state index in [0.29, 0.717) is 51.7 Å². The van der Waals surface area contributed by atoms with Gasteiger partial charge in [0.15, 0.2) is 0 Å². The smallest absolute Gasteiger partial charge is 0.254 e. The van der Waals surface area contributed by atoms with Crippen molar-refractivity contribution in [3.63, 3.8) is 0 Å². The Kier molecular flexibility index (Phi) is 11.9. The molecule has 0 saturated heterocycles. The van der Waals surface area contributed by atoms with Crippen molar-refractivity contribution in [1.82, 2.24) is 10.2 Å². The lowest BCUT2D eigenvalue weighted by atomic mass is 9.91. The number of ether oxygens (including phenoxy) is 2. The van der Waals surface area contributed by atoms with Crippen LogP contribution < -0.4 is 5.32 Å². The van der Waals surface area contributed by atoms with Crippen LogP contribution in [0.2, 0.25) is 0 Å². The summed E-state index contributed by atoms with van der Waals surface area (Å²) in [6.07, 6.45) is 12.9. The maximum absolute atomic E-state index is 12.8. The number of hydrogen-bond acceptors (Lipinski definition) is 5. The predicted molar refractivity (Wildman–Crippen MR) is 143 cm³/mol. The zero-order valence-electron chi connectivity index (χ0n) is 23.8. The molecule has 7 nitrogen and oxygen atoms in total. The number of nitrogens with zero attached hydrogens (tertiary/aromatic N) is 1. The molecule has 1 rings (SSSR count). The van der Waals surface area contributed by atoms with Gasteiger partial charge in [0.05, 0.1) is 16.7 Å².